The minimum atomic E-state index is 0.499. The zero-order valence-corrected chi connectivity index (χ0v) is 10.4. The van der Waals surface area contributed by atoms with Gasteiger partial charge in [0.05, 0.1) is 0 Å². The third-order valence-corrected chi connectivity index (χ3v) is 2.68. The number of hydrogen-bond donors (Lipinski definition) is 1. The Bertz CT molecular complexity index is 497. The van der Waals surface area contributed by atoms with Gasteiger partial charge in [-0.3, -0.25) is 0 Å². The van der Waals surface area contributed by atoms with Gasteiger partial charge in [-0.15, -0.1) is 0 Å². The molecule has 0 atom stereocenters. The Morgan fingerprint density at radius 3 is 2.39 bits per heavy atom. The van der Waals surface area contributed by atoms with E-state index in [0.29, 0.717) is 13.2 Å². The molecule has 2 rings (SSSR count). The number of para-hydroxylation sites is 1. The van der Waals surface area contributed by atoms with Gasteiger partial charge >= 0.3 is 0 Å². The molecule has 2 aromatic carbocycles. The second kappa shape index (κ2) is 5.96. The summed E-state index contributed by atoms with van der Waals surface area (Å²) in [4.78, 5) is 0. The molecule has 0 aliphatic rings. The van der Waals surface area contributed by atoms with Crippen molar-refractivity contribution in [2.75, 3.05) is 18.9 Å². The van der Waals surface area contributed by atoms with E-state index in [2.05, 4.69) is 0 Å². The monoisotopic (exact) mass is 243 g/mol. The highest BCUT2D eigenvalue weighted by Crippen LogP contribution is 2.22. The Kier molecular flexibility index (Phi) is 4.07. The van der Waals surface area contributed by atoms with Crippen molar-refractivity contribution in [2.45, 2.75) is 6.92 Å². The highest BCUT2D eigenvalue weighted by molar-refractivity contribution is 5.53. The van der Waals surface area contributed by atoms with Crippen LogP contribution in [0.4, 0.5) is 5.69 Å². The molecule has 0 saturated heterocycles. The van der Waals surface area contributed by atoms with Crippen LogP contribution >= 0.6 is 0 Å². The summed E-state index contributed by atoms with van der Waals surface area (Å²) in [5, 5.41) is 0. The van der Waals surface area contributed by atoms with Gasteiger partial charge < -0.3 is 15.2 Å². The van der Waals surface area contributed by atoms with Gasteiger partial charge in [-0.2, -0.15) is 0 Å². The summed E-state index contributed by atoms with van der Waals surface area (Å²) < 4.78 is 11.2. The maximum absolute atomic E-state index is 5.80. The summed E-state index contributed by atoms with van der Waals surface area (Å²) in [6.07, 6.45) is 0. The first-order valence-electron chi connectivity index (χ1n) is 5.93. The lowest BCUT2D eigenvalue weighted by atomic mass is 10.2. The predicted octanol–water partition coefficient (Wildman–Crippen LogP) is 3.04. The van der Waals surface area contributed by atoms with Gasteiger partial charge in [0.2, 0.25) is 0 Å². The molecule has 3 nitrogen and oxygen atoms in total. The van der Waals surface area contributed by atoms with Crippen molar-refractivity contribution >= 4 is 5.69 Å². The molecule has 0 bridgehead atoms. The second-order valence-electron chi connectivity index (χ2n) is 3.98. The van der Waals surface area contributed by atoms with Crippen LogP contribution in [0.5, 0.6) is 11.5 Å². The van der Waals surface area contributed by atoms with Crippen LogP contribution in [0.1, 0.15) is 5.56 Å². The fourth-order valence-corrected chi connectivity index (χ4v) is 1.62. The first kappa shape index (κ1) is 12.3. The predicted molar refractivity (Wildman–Crippen MR) is 73.0 cm³/mol. The first-order chi connectivity index (χ1) is 8.77. The number of rotatable bonds is 5. The van der Waals surface area contributed by atoms with Crippen LogP contribution in [0.2, 0.25) is 0 Å². The third kappa shape index (κ3) is 3.17. The summed E-state index contributed by atoms with van der Waals surface area (Å²) in [6.45, 7) is 2.96. The van der Waals surface area contributed by atoms with Crippen LogP contribution < -0.4 is 15.2 Å². The van der Waals surface area contributed by atoms with Crippen LogP contribution in [0.25, 0.3) is 0 Å². The number of ether oxygens (including phenoxy) is 2. The molecular formula is C15H17NO2. The highest BCUT2D eigenvalue weighted by atomic mass is 16.5. The molecule has 0 unspecified atom stereocenters. The molecule has 0 saturated carbocycles. The van der Waals surface area contributed by atoms with Crippen molar-refractivity contribution in [1.29, 1.82) is 0 Å². The highest BCUT2D eigenvalue weighted by Gasteiger charge is 2.01. The molecule has 0 fully saturated rings. The van der Waals surface area contributed by atoms with E-state index in [-0.39, 0.29) is 0 Å². The molecule has 0 amide bonds. The van der Waals surface area contributed by atoms with Gasteiger partial charge in [-0.25, -0.2) is 0 Å². The standard InChI is InChI=1S/C15H17NO2/c1-12-14(16)8-5-9-15(12)18-11-10-17-13-6-3-2-4-7-13/h2-9H,10-11,16H2,1H3. The minimum absolute atomic E-state index is 0.499. The van der Waals surface area contributed by atoms with E-state index in [4.69, 9.17) is 15.2 Å². The summed E-state index contributed by atoms with van der Waals surface area (Å²) in [5.41, 5.74) is 7.52. The van der Waals surface area contributed by atoms with E-state index in [9.17, 15) is 0 Å². The van der Waals surface area contributed by atoms with Crippen LogP contribution in [0.15, 0.2) is 48.5 Å². The van der Waals surface area contributed by atoms with Gasteiger partial charge in [0.1, 0.15) is 24.7 Å². The number of anilines is 1. The third-order valence-electron chi connectivity index (χ3n) is 2.68. The molecule has 0 heterocycles. The molecule has 3 heteroatoms. The fraction of sp³-hybridized carbons (Fsp3) is 0.200. The lowest BCUT2D eigenvalue weighted by Crippen LogP contribution is -2.09. The molecular weight excluding hydrogens is 226 g/mol. The number of nitrogen functional groups attached to an aromatic ring is 1. The number of hydrogen-bond acceptors (Lipinski definition) is 3. The molecule has 0 aliphatic heterocycles. The first-order valence-corrected chi connectivity index (χ1v) is 5.93. The van der Waals surface area contributed by atoms with E-state index in [1.54, 1.807) is 0 Å². The van der Waals surface area contributed by atoms with Crippen molar-refractivity contribution in [3.05, 3.63) is 54.1 Å². The molecule has 0 aromatic heterocycles. The maximum Gasteiger partial charge on any atom is 0.124 e. The Morgan fingerprint density at radius 2 is 1.61 bits per heavy atom. The van der Waals surface area contributed by atoms with E-state index in [1.807, 2.05) is 55.5 Å². The van der Waals surface area contributed by atoms with Crippen LogP contribution in [0, 0.1) is 6.92 Å². The molecule has 18 heavy (non-hydrogen) atoms. The van der Waals surface area contributed by atoms with E-state index < -0.39 is 0 Å². The maximum atomic E-state index is 5.80. The van der Waals surface area contributed by atoms with Crippen molar-refractivity contribution in [2.24, 2.45) is 0 Å². The lowest BCUT2D eigenvalue weighted by molar-refractivity contribution is 0.216. The van der Waals surface area contributed by atoms with E-state index in [1.165, 1.54) is 0 Å². The van der Waals surface area contributed by atoms with Crippen molar-refractivity contribution in [3.63, 3.8) is 0 Å². The number of nitrogens with two attached hydrogens (primary N) is 1. The quantitative estimate of drug-likeness (QED) is 0.648. The molecule has 0 spiro atoms. The van der Waals surface area contributed by atoms with Crippen molar-refractivity contribution in [1.82, 2.24) is 0 Å². The largest absolute Gasteiger partial charge is 0.490 e. The minimum Gasteiger partial charge on any atom is -0.490 e. The van der Waals surface area contributed by atoms with Crippen molar-refractivity contribution in [3.8, 4) is 11.5 Å². The Balaban J connectivity index is 1.81. The number of benzene rings is 2. The molecule has 0 radical (unpaired) electrons. The normalized spacial score (nSPS) is 10.1. The second-order valence-corrected chi connectivity index (χ2v) is 3.98. The average molecular weight is 243 g/mol. The lowest BCUT2D eigenvalue weighted by Gasteiger charge is -2.11. The SMILES string of the molecule is Cc1c(N)cccc1OCCOc1ccccc1. The molecule has 94 valence electrons. The van der Waals surface area contributed by atoms with Gasteiger partial charge in [0.25, 0.3) is 0 Å². The fourth-order valence-electron chi connectivity index (χ4n) is 1.62. The topological polar surface area (TPSA) is 44.5 Å². The Morgan fingerprint density at radius 1 is 0.889 bits per heavy atom. The molecule has 2 N–H and O–H groups in total. The Hall–Kier alpha value is -2.16. The zero-order chi connectivity index (χ0) is 12.8. The summed E-state index contributed by atoms with van der Waals surface area (Å²) >= 11 is 0. The summed E-state index contributed by atoms with van der Waals surface area (Å²) in [5.74, 6) is 1.66. The Labute approximate surface area is 107 Å². The van der Waals surface area contributed by atoms with Gasteiger partial charge in [0.15, 0.2) is 0 Å². The van der Waals surface area contributed by atoms with Crippen LogP contribution in [0.3, 0.4) is 0 Å². The van der Waals surface area contributed by atoms with E-state index >= 15 is 0 Å². The molecule has 0 aliphatic carbocycles. The van der Waals surface area contributed by atoms with Crippen LogP contribution in [-0.2, 0) is 0 Å². The molecule has 2 aromatic rings. The summed E-state index contributed by atoms with van der Waals surface area (Å²) in [7, 11) is 0. The van der Waals surface area contributed by atoms with Gasteiger partial charge in [0, 0.05) is 11.3 Å². The van der Waals surface area contributed by atoms with Gasteiger partial charge in [-0.1, -0.05) is 24.3 Å². The average Bonchev–Trinajstić information content (AvgIpc) is 2.40. The zero-order valence-electron chi connectivity index (χ0n) is 10.4. The van der Waals surface area contributed by atoms with Crippen LogP contribution in [-0.4, -0.2) is 13.2 Å². The van der Waals surface area contributed by atoms with Gasteiger partial charge in [-0.05, 0) is 31.2 Å². The van der Waals surface area contributed by atoms with Crippen molar-refractivity contribution < 1.29 is 9.47 Å². The smallest absolute Gasteiger partial charge is 0.124 e. The van der Waals surface area contributed by atoms with E-state index in [0.717, 1.165) is 22.7 Å². The summed E-state index contributed by atoms with van der Waals surface area (Å²) in [6, 6.07) is 15.3.